The van der Waals surface area contributed by atoms with Crippen LogP contribution in [0, 0.1) is 0 Å². The van der Waals surface area contributed by atoms with Crippen molar-refractivity contribution in [2.24, 2.45) is 4.99 Å². The van der Waals surface area contributed by atoms with Crippen molar-refractivity contribution in [3.8, 4) is 11.5 Å². The first-order valence-electron chi connectivity index (χ1n) is 8.99. The van der Waals surface area contributed by atoms with E-state index in [0.29, 0.717) is 33.8 Å². The summed E-state index contributed by atoms with van der Waals surface area (Å²) in [5, 5.41) is 0.670. The van der Waals surface area contributed by atoms with Crippen molar-refractivity contribution in [3.63, 3.8) is 0 Å². The van der Waals surface area contributed by atoms with E-state index in [4.69, 9.17) is 21.1 Å². The minimum absolute atomic E-state index is 0.000357. The van der Waals surface area contributed by atoms with Gasteiger partial charge in [-0.25, -0.2) is 8.42 Å². The molecule has 2 aliphatic heterocycles. The lowest BCUT2D eigenvalue weighted by molar-refractivity contribution is -0.117. The van der Waals surface area contributed by atoms with Crippen LogP contribution in [0.4, 0.5) is 5.69 Å². The van der Waals surface area contributed by atoms with Crippen LogP contribution < -0.4 is 14.4 Å². The minimum atomic E-state index is -3.16. The molecule has 0 radical (unpaired) electrons. The fourth-order valence-electron chi connectivity index (χ4n) is 3.37. The third kappa shape index (κ3) is 4.26. The van der Waals surface area contributed by atoms with Gasteiger partial charge < -0.3 is 14.4 Å². The molecule has 2 aliphatic rings. The fraction of sp³-hybridized carbons (Fsp3) is 0.556. The van der Waals surface area contributed by atoms with Gasteiger partial charge in [-0.2, -0.15) is 4.99 Å². The molecule has 0 N–H and O–H groups in total. The van der Waals surface area contributed by atoms with Crippen molar-refractivity contribution in [2.45, 2.75) is 37.5 Å². The van der Waals surface area contributed by atoms with Gasteiger partial charge in [0.15, 0.2) is 15.0 Å². The Balaban J connectivity index is 2.06. The summed E-state index contributed by atoms with van der Waals surface area (Å²) in [5.74, 6) is 0.769. The molecule has 0 spiro atoms. The molecule has 7 nitrogen and oxygen atoms in total. The van der Waals surface area contributed by atoms with E-state index >= 15 is 0 Å². The number of carbonyl (C=O) groups is 1. The highest BCUT2D eigenvalue weighted by atomic mass is 35.5. The molecule has 154 valence electrons. The summed E-state index contributed by atoms with van der Waals surface area (Å²) in [4.78, 5) is 18.4. The van der Waals surface area contributed by atoms with Gasteiger partial charge in [-0.15, -0.1) is 0 Å². The molecule has 2 heterocycles. The Labute approximate surface area is 174 Å². The first kappa shape index (κ1) is 21.3. The molecule has 0 saturated carbocycles. The van der Waals surface area contributed by atoms with Gasteiger partial charge in [-0.05, 0) is 12.5 Å². The number of sulfone groups is 1. The Morgan fingerprint density at radius 3 is 2.64 bits per heavy atom. The van der Waals surface area contributed by atoms with Crippen molar-refractivity contribution < 1.29 is 22.7 Å². The highest BCUT2D eigenvalue weighted by Crippen LogP contribution is 2.46. The predicted octanol–water partition coefficient (Wildman–Crippen LogP) is 3.15. The van der Waals surface area contributed by atoms with Gasteiger partial charge in [0.05, 0.1) is 42.5 Å². The molecule has 1 aromatic carbocycles. The second-order valence-corrected chi connectivity index (χ2v) is 10.5. The number of hydrogen-bond acceptors (Lipinski definition) is 6. The first-order chi connectivity index (χ1) is 13.3. The topological polar surface area (TPSA) is 85.3 Å². The molecule has 2 fully saturated rings. The highest BCUT2D eigenvalue weighted by molar-refractivity contribution is 8.16. The monoisotopic (exact) mass is 446 g/mol. The maximum absolute atomic E-state index is 12.3. The number of ether oxygens (including phenoxy) is 2. The molecule has 0 aromatic heterocycles. The third-order valence-corrected chi connectivity index (χ3v) is 8.25. The zero-order valence-corrected chi connectivity index (χ0v) is 18.4. The van der Waals surface area contributed by atoms with Crippen molar-refractivity contribution in [2.75, 3.05) is 30.6 Å². The number of amidine groups is 1. The normalized spacial score (nSPS) is 24.4. The summed E-state index contributed by atoms with van der Waals surface area (Å²) >= 11 is 7.65. The molecule has 1 amide bonds. The molecule has 2 atom stereocenters. The van der Waals surface area contributed by atoms with Crippen LogP contribution in [0.2, 0.25) is 5.02 Å². The van der Waals surface area contributed by atoms with Gasteiger partial charge in [-0.3, -0.25) is 4.79 Å². The smallest absolute Gasteiger partial charge is 0.248 e. The summed E-state index contributed by atoms with van der Waals surface area (Å²) in [6.07, 6.45) is 2.03. The van der Waals surface area contributed by atoms with Gasteiger partial charge in [0.1, 0.15) is 11.5 Å². The number of amides is 1. The quantitative estimate of drug-likeness (QED) is 0.663. The second-order valence-electron chi connectivity index (χ2n) is 6.72. The maximum Gasteiger partial charge on any atom is 0.248 e. The van der Waals surface area contributed by atoms with Gasteiger partial charge >= 0.3 is 0 Å². The summed E-state index contributed by atoms with van der Waals surface area (Å²) in [5.41, 5.74) is 0.576. The molecule has 3 rings (SSSR count). The van der Waals surface area contributed by atoms with Crippen LogP contribution in [0.5, 0.6) is 11.5 Å². The Morgan fingerprint density at radius 2 is 2.00 bits per heavy atom. The summed E-state index contributed by atoms with van der Waals surface area (Å²) < 4.78 is 35.1. The number of aliphatic imine (C=N–C) groups is 1. The average Bonchev–Trinajstić information content (AvgIpc) is 3.10. The second kappa shape index (κ2) is 8.51. The number of hydrogen-bond donors (Lipinski definition) is 0. The first-order valence-corrected chi connectivity index (χ1v) is 12.1. The zero-order valence-electron chi connectivity index (χ0n) is 16.0. The Morgan fingerprint density at radius 1 is 1.29 bits per heavy atom. The highest BCUT2D eigenvalue weighted by Gasteiger charge is 2.50. The van der Waals surface area contributed by atoms with Gasteiger partial charge in [0.25, 0.3) is 0 Å². The van der Waals surface area contributed by atoms with Crippen molar-refractivity contribution >= 4 is 50.0 Å². The number of halogens is 1. The molecule has 0 bridgehead atoms. The molecule has 10 heteroatoms. The molecule has 0 aliphatic carbocycles. The molecular weight excluding hydrogens is 424 g/mol. The summed E-state index contributed by atoms with van der Waals surface area (Å²) in [6.45, 7) is 2.01. The number of methoxy groups -OCH3 is 2. The molecule has 0 unspecified atom stereocenters. The summed E-state index contributed by atoms with van der Waals surface area (Å²) in [7, 11) is -0.136. The van der Waals surface area contributed by atoms with Gasteiger partial charge in [0.2, 0.25) is 5.91 Å². The Bertz CT molecular complexity index is 903. The number of unbranched alkanes of at least 4 members (excludes halogenated alkanes) is 1. The van der Waals surface area contributed by atoms with Crippen molar-refractivity contribution in [1.82, 2.24) is 0 Å². The van der Waals surface area contributed by atoms with E-state index in [0.717, 1.165) is 12.8 Å². The van der Waals surface area contributed by atoms with Gasteiger partial charge in [-0.1, -0.05) is 36.7 Å². The largest absolute Gasteiger partial charge is 0.495 e. The number of fused-ring (bicyclic) bond motifs is 1. The number of rotatable bonds is 6. The lowest BCUT2D eigenvalue weighted by atomic mass is 10.1. The van der Waals surface area contributed by atoms with E-state index in [9.17, 15) is 13.2 Å². The SMILES string of the molecule is CCCCC(=O)N=C1S[C@@H]2CS(=O)(=O)C[C@@H]2N1c1cc(Cl)c(OC)cc1OC. The van der Waals surface area contributed by atoms with Crippen LogP contribution in [-0.2, 0) is 14.6 Å². The number of anilines is 1. The minimum Gasteiger partial charge on any atom is -0.495 e. The van der Waals surface area contributed by atoms with E-state index in [1.807, 2.05) is 6.92 Å². The Kier molecular flexibility index (Phi) is 6.46. The van der Waals surface area contributed by atoms with E-state index in [1.54, 1.807) is 17.0 Å². The zero-order chi connectivity index (χ0) is 20.5. The Hall–Kier alpha value is -1.45. The lowest BCUT2D eigenvalue weighted by Crippen LogP contribution is -2.38. The van der Waals surface area contributed by atoms with Crippen LogP contribution in [0.3, 0.4) is 0 Å². The van der Waals surface area contributed by atoms with Crippen molar-refractivity contribution in [3.05, 3.63) is 17.2 Å². The predicted molar refractivity (Wildman–Crippen MR) is 113 cm³/mol. The molecular formula is C18H23ClN2O5S2. The fourth-order valence-corrected chi connectivity index (χ4v) is 7.53. The number of benzene rings is 1. The van der Waals surface area contributed by atoms with E-state index < -0.39 is 9.84 Å². The molecule has 2 saturated heterocycles. The van der Waals surface area contributed by atoms with Crippen LogP contribution >= 0.6 is 23.4 Å². The number of nitrogens with zero attached hydrogens (tertiary/aromatic N) is 2. The third-order valence-electron chi connectivity index (χ3n) is 4.74. The summed E-state index contributed by atoms with van der Waals surface area (Å²) in [6, 6.07) is 2.99. The van der Waals surface area contributed by atoms with Crippen LogP contribution in [-0.4, -0.2) is 56.5 Å². The van der Waals surface area contributed by atoms with Crippen LogP contribution in [0.1, 0.15) is 26.2 Å². The lowest BCUT2D eigenvalue weighted by Gasteiger charge is -2.26. The van der Waals surface area contributed by atoms with Crippen LogP contribution in [0.15, 0.2) is 17.1 Å². The molecule has 28 heavy (non-hydrogen) atoms. The van der Waals surface area contributed by atoms with E-state index in [1.165, 1.54) is 26.0 Å². The number of carbonyl (C=O) groups excluding carboxylic acids is 1. The average molecular weight is 447 g/mol. The standard InChI is InChI=1S/C18H23ClN2O5S2/c1-4-5-6-17(22)20-18-21(13-9-28(23,24)10-16(13)27-18)12-7-11(19)14(25-2)8-15(12)26-3/h7-8,13,16H,4-6,9-10H2,1-3H3/t13-,16+/m0/s1. The van der Waals surface area contributed by atoms with Crippen molar-refractivity contribution in [1.29, 1.82) is 0 Å². The maximum atomic E-state index is 12.3. The van der Waals surface area contributed by atoms with E-state index in [2.05, 4.69) is 4.99 Å². The number of thioether (sulfide) groups is 1. The van der Waals surface area contributed by atoms with E-state index in [-0.39, 0.29) is 28.7 Å². The van der Waals surface area contributed by atoms with Crippen LogP contribution in [0.25, 0.3) is 0 Å². The van der Waals surface area contributed by atoms with Gasteiger partial charge in [0, 0.05) is 17.7 Å². The molecule has 1 aromatic rings.